The summed E-state index contributed by atoms with van der Waals surface area (Å²) in [7, 11) is 0. The number of urea groups is 1. The molecule has 1 aliphatic carbocycles. The van der Waals surface area contributed by atoms with E-state index in [0.29, 0.717) is 13.0 Å². The molecule has 1 fully saturated rings. The van der Waals surface area contributed by atoms with Gasteiger partial charge in [-0.3, -0.25) is 0 Å². The van der Waals surface area contributed by atoms with Gasteiger partial charge in [0.25, 0.3) is 0 Å². The SMILES string of the molecule is CC1(NC(=O)NCCc2ccc(C(=O)O)cc2)CCCC1. The molecule has 114 valence electrons. The molecule has 5 nitrogen and oxygen atoms in total. The van der Waals surface area contributed by atoms with E-state index in [1.807, 2.05) is 0 Å². The van der Waals surface area contributed by atoms with Crippen LogP contribution in [0.4, 0.5) is 4.79 Å². The second kappa shape index (κ2) is 6.61. The van der Waals surface area contributed by atoms with Crippen molar-refractivity contribution >= 4 is 12.0 Å². The standard InChI is InChI=1S/C16H22N2O3/c1-16(9-2-3-10-16)18-15(21)17-11-8-12-4-6-13(7-5-12)14(19)20/h4-7H,2-3,8-11H2,1H3,(H,19,20)(H2,17,18,21). The predicted molar refractivity (Wildman–Crippen MR) is 80.5 cm³/mol. The minimum atomic E-state index is -0.927. The molecule has 5 heteroatoms. The fraction of sp³-hybridized carbons (Fsp3) is 0.500. The minimum absolute atomic E-state index is 0.0623. The van der Waals surface area contributed by atoms with E-state index in [9.17, 15) is 9.59 Å². The van der Waals surface area contributed by atoms with Crippen LogP contribution in [0, 0.1) is 0 Å². The summed E-state index contributed by atoms with van der Waals surface area (Å²) in [6, 6.07) is 6.60. The van der Waals surface area contributed by atoms with Gasteiger partial charge in [-0.1, -0.05) is 25.0 Å². The van der Waals surface area contributed by atoms with Gasteiger partial charge < -0.3 is 15.7 Å². The number of carbonyl (C=O) groups excluding carboxylic acids is 1. The van der Waals surface area contributed by atoms with Crippen molar-refractivity contribution in [3.05, 3.63) is 35.4 Å². The highest BCUT2D eigenvalue weighted by atomic mass is 16.4. The first kappa shape index (κ1) is 15.4. The van der Waals surface area contributed by atoms with Crippen molar-refractivity contribution in [2.75, 3.05) is 6.54 Å². The Morgan fingerprint density at radius 3 is 2.38 bits per heavy atom. The molecule has 21 heavy (non-hydrogen) atoms. The van der Waals surface area contributed by atoms with Gasteiger partial charge in [0.15, 0.2) is 0 Å². The fourth-order valence-corrected chi connectivity index (χ4v) is 2.73. The number of rotatable bonds is 5. The van der Waals surface area contributed by atoms with Crippen molar-refractivity contribution in [1.29, 1.82) is 0 Å². The molecule has 0 saturated heterocycles. The van der Waals surface area contributed by atoms with Crippen LogP contribution in [-0.4, -0.2) is 29.2 Å². The fourth-order valence-electron chi connectivity index (χ4n) is 2.73. The van der Waals surface area contributed by atoms with E-state index in [1.54, 1.807) is 24.3 Å². The Hall–Kier alpha value is -2.04. The van der Waals surface area contributed by atoms with E-state index >= 15 is 0 Å². The van der Waals surface area contributed by atoms with Gasteiger partial charge in [-0.15, -0.1) is 0 Å². The Morgan fingerprint density at radius 2 is 1.81 bits per heavy atom. The molecule has 0 heterocycles. The third kappa shape index (κ3) is 4.48. The van der Waals surface area contributed by atoms with Crippen LogP contribution in [0.15, 0.2) is 24.3 Å². The molecule has 0 bridgehead atoms. The number of hydrogen-bond donors (Lipinski definition) is 3. The molecule has 1 aromatic rings. The van der Waals surface area contributed by atoms with Gasteiger partial charge in [-0.05, 0) is 43.9 Å². The minimum Gasteiger partial charge on any atom is -0.478 e. The second-order valence-electron chi connectivity index (χ2n) is 5.90. The Morgan fingerprint density at radius 1 is 1.19 bits per heavy atom. The highest BCUT2D eigenvalue weighted by molar-refractivity contribution is 5.87. The molecule has 0 spiro atoms. The zero-order valence-corrected chi connectivity index (χ0v) is 12.3. The predicted octanol–water partition coefficient (Wildman–Crippen LogP) is 2.56. The number of nitrogens with one attached hydrogen (secondary N) is 2. The van der Waals surface area contributed by atoms with Crippen molar-refractivity contribution < 1.29 is 14.7 Å². The number of carbonyl (C=O) groups is 2. The normalized spacial score (nSPS) is 16.4. The van der Waals surface area contributed by atoms with Crippen LogP contribution in [0.1, 0.15) is 48.5 Å². The third-order valence-corrected chi connectivity index (χ3v) is 4.02. The molecule has 2 rings (SSSR count). The zero-order valence-electron chi connectivity index (χ0n) is 12.3. The van der Waals surface area contributed by atoms with Gasteiger partial charge in [-0.2, -0.15) is 0 Å². The van der Waals surface area contributed by atoms with E-state index in [1.165, 1.54) is 12.8 Å². The van der Waals surface area contributed by atoms with Gasteiger partial charge >= 0.3 is 12.0 Å². The summed E-state index contributed by atoms with van der Waals surface area (Å²) in [5, 5.41) is 14.7. The summed E-state index contributed by atoms with van der Waals surface area (Å²) in [6.45, 7) is 2.62. The van der Waals surface area contributed by atoms with E-state index in [0.717, 1.165) is 18.4 Å². The van der Waals surface area contributed by atoms with Gasteiger partial charge in [0.05, 0.1) is 5.56 Å². The number of carboxylic acids is 1. The lowest BCUT2D eigenvalue weighted by atomic mass is 10.0. The average molecular weight is 290 g/mol. The van der Waals surface area contributed by atoms with E-state index in [4.69, 9.17) is 5.11 Å². The number of aromatic carboxylic acids is 1. The molecule has 1 aliphatic rings. The number of benzene rings is 1. The van der Waals surface area contributed by atoms with Gasteiger partial charge in [-0.25, -0.2) is 9.59 Å². The molecular weight excluding hydrogens is 268 g/mol. The number of amides is 2. The molecule has 0 aliphatic heterocycles. The van der Waals surface area contributed by atoms with Crippen molar-refractivity contribution in [2.24, 2.45) is 0 Å². The summed E-state index contributed by atoms with van der Waals surface area (Å²) >= 11 is 0. The molecular formula is C16H22N2O3. The summed E-state index contributed by atoms with van der Waals surface area (Å²) in [5.41, 5.74) is 1.22. The topological polar surface area (TPSA) is 78.4 Å². The maximum Gasteiger partial charge on any atom is 0.335 e. The van der Waals surface area contributed by atoms with Crippen LogP contribution in [0.25, 0.3) is 0 Å². The maximum atomic E-state index is 11.8. The summed E-state index contributed by atoms with van der Waals surface area (Å²) in [4.78, 5) is 22.6. The molecule has 0 atom stereocenters. The van der Waals surface area contributed by atoms with E-state index in [-0.39, 0.29) is 17.1 Å². The molecule has 3 N–H and O–H groups in total. The summed E-state index contributed by atoms with van der Waals surface area (Å²) in [5.74, 6) is -0.927. The third-order valence-electron chi connectivity index (χ3n) is 4.02. The van der Waals surface area contributed by atoms with Crippen LogP contribution < -0.4 is 10.6 Å². The molecule has 1 saturated carbocycles. The first-order valence-electron chi connectivity index (χ1n) is 7.37. The summed E-state index contributed by atoms with van der Waals surface area (Å²) < 4.78 is 0. The first-order chi connectivity index (χ1) is 9.98. The van der Waals surface area contributed by atoms with Crippen molar-refractivity contribution in [3.63, 3.8) is 0 Å². The Bertz CT molecular complexity index is 505. The van der Waals surface area contributed by atoms with Crippen LogP contribution in [0.2, 0.25) is 0 Å². The second-order valence-corrected chi connectivity index (χ2v) is 5.90. The zero-order chi connectivity index (χ0) is 15.3. The molecule has 0 unspecified atom stereocenters. The molecule has 1 aromatic carbocycles. The van der Waals surface area contributed by atoms with Gasteiger partial charge in [0.2, 0.25) is 0 Å². The highest BCUT2D eigenvalue weighted by Gasteiger charge is 2.29. The average Bonchev–Trinajstić information content (AvgIpc) is 2.85. The lowest BCUT2D eigenvalue weighted by Gasteiger charge is -2.25. The number of carboxylic acid groups (broad SMARTS) is 1. The largest absolute Gasteiger partial charge is 0.478 e. The Kier molecular flexibility index (Phi) is 4.83. The Labute approximate surface area is 124 Å². The van der Waals surface area contributed by atoms with Crippen LogP contribution in [0.5, 0.6) is 0 Å². The monoisotopic (exact) mass is 290 g/mol. The number of hydrogen-bond acceptors (Lipinski definition) is 2. The van der Waals surface area contributed by atoms with Crippen LogP contribution in [0.3, 0.4) is 0 Å². The smallest absolute Gasteiger partial charge is 0.335 e. The molecule has 0 radical (unpaired) electrons. The quantitative estimate of drug-likeness (QED) is 0.780. The van der Waals surface area contributed by atoms with Crippen LogP contribution >= 0.6 is 0 Å². The lowest BCUT2D eigenvalue weighted by molar-refractivity contribution is 0.0697. The van der Waals surface area contributed by atoms with E-state index < -0.39 is 5.97 Å². The van der Waals surface area contributed by atoms with Crippen LogP contribution in [-0.2, 0) is 6.42 Å². The summed E-state index contributed by atoms with van der Waals surface area (Å²) in [6.07, 6.45) is 5.11. The van der Waals surface area contributed by atoms with E-state index in [2.05, 4.69) is 17.6 Å². The van der Waals surface area contributed by atoms with Gasteiger partial charge in [0.1, 0.15) is 0 Å². The molecule has 2 amide bonds. The molecule has 0 aromatic heterocycles. The lowest BCUT2D eigenvalue weighted by Crippen LogP contribution is -2.48. The van der Waals surface area contributed by atoms with Crippen molar-refractivity contribution in [1.82, 2.24) is 10.6 Å². The van der Waals surface area contributed by atoms with Gasteiger partial charge in [0, 0.05) is 12.1 Å². The maximum absolute atomic E-state index is 11.8. The van der Waals surface area contributed by atoms with Crippen molar-refractivity contribution in [2.45, 2.75) is 44.6 Å². The first-order valence-corrected chi connectivity index (χ1v) is 7.37. The highest BCUT2D eigenvalue weighted by Crippen LogP contribution is 2.28. The Balaban J connectivity index is 1.73. The van der Waals surface area contributed by atoms with Crippen molar-refractivity contribution in [3.8, 4) is 0 Å².